The lowest BCUT2D eigenvalue weighted by Gasteiger charge is -2.45. The SMILES string of the molecule is CC(C)(C)C(C)(CCCN1CCCN2CCCN=C21)CCCN1CCCN2CCCN=C21. The molecule has 6 nitrogen and oxygen atoms in total. The summed E-state index contributed by atoms with van der Waals surface area (Å²) in [7, 11) is 0. The summed E-state index contributed by atoms with van der Waals surface area (Å²) in [5.41, 5.74) is 0.681. The highest BCUT2D eigenvalue weighted by atomic mass is 15.4. The van der Waals surface area contributed by atoms with Gasteiger partial charge in [-0.25, -0.2) is 0 Å². The van der Waals surface area contributed by atoms with Crippen LogP contribution in [0, 0.1) is 10.8 Å². The fourth-order valence-corrected chi connectivity index (χ4v) is 6.03. The first-order chi connectivity index (χ1) is 15.4. The molecule has 182 valence electrons. The van der Waals surface area contributed by atoms with Crippen LogP contribution in [0.3, 0.4) is 0 Å². The van der Waals surface area contributed by atoms with E-state index in [1.165, 1.54) is 116 Å². The van der Waals surface area contributed by atoms with Crippen LogP contribution < -0.4 is 0 Å². The summed E-state index contributed by atoms with van der Waals surface area (Å²) in [5, 5.41) is 0. The van der Waals surface area contributed by atoms with Gasteiger partial charge in [0.1, 0.15) is 0 Å². The van der Waals surface area contributed by atoms with Crippen molar-refractivity contribution in [2.24, 2.45) is 20.8 Å². The first-order valence-electron chi connectivity index (χ1n) is 13.5. The largest absolute Gasteiger partial charge is 0.343 e. The molecule has 0 aromatic heterocycles. The molecule has 4 aliphatic heterocycles. The minimum Gasteiger partial charge on any atom is -0.343 e. The van der Waals surface area contributed by atoms with Crippen LogP contribution in [0.25, 0.3) is 0 Å². The minimum atomic E-state index is 0.319. The van der Waals surface area contributed by atoms with Crippen LogP contribution in [0.4, 0.5) is 0 Å². The predicted octanol–water partition coefficient (Wildman–Crippen LogP) is 4.13. The highest BCUT2D eigenvalue weighted by molar-refractivity contribution is 5.81. The average Bonchev–Trinajstić information content (AvgIpc) is 2.79. The van der Waals surface area contributed by atoms with Crippen molar-refractivity contribution in [1.29, 1.82) is 0 Å². The van der Waals surface area contributed by atoms with E-state index in [-0.39, 0.29) is 0 Å². The van der Waals surface area contributed by atoms with Crippen molar-refractivity contribution >= 4 is 11.9 Å². The van der Waals surface area contributed by atoms with Crippen molar-refractivity contribution in [1.82, 2.24) is 19.6 Å². The van der Waals surface area contributed by atoms with E-state index in [0.717, 1.165) is 13.1 Å². The fraction of sp³-hybridized carbons (Fsp3) is 0.923. The number of hydrogen-bond acceptors (Lipinski definition) is 6. The smallest absolute Gasteiger partial charge is 0.196 e. The summed E-state index contributed by atoms with van der Waals surface area (Å²) in [4.78, 5) is 20.0. The third-order valence-electron chi connectivity index (χ3n) is 8.65. The maximum absolute atomic E-state index is 4.88. The lowest BCUT2D eigenvalue weighted by Crippen LogP contribution is -2.52. The van der Waals surface area contributed by atoms with Gasteiger partial charge in [0.25, 0.3) is 0 Å². The highest BCUT2D eigenvalue weighted by Gasteiger charge is 2.37. The van der Waals surface area contributed by atoms with Gasteiger partial charge in [0, 0.05) is 65.4 Å². The number of fused-ring (bicyclic) bond motifs is 2. The summed E-state index contributed by atoms with van der Waals surface area (Å²) in [6, 6.07) is 0. The van der Waals surface area contributed by atoms with Crippen molar-refractivity contribution in [2.45, 2.75) is 79.1 Å². The van der Waals surface area contributed by atoms with E-state index >= 15 is 0 Å². The molecule has 6 heteroatoms. The van der Waals surface area contributed by atoms with Crippen molar-refractivity contribution in [3.8, 4) is 0 Å². The molecule has 0 atom stereocenters. The Morgan fingerprint density at radius 3 is 1.50 bits per heavy atom. The highest BCUT2D eigenvalue weighted by Crippen LogP contribution is 2.46. The van der Waals surface area contributed by atoms with E-state index in [0.29, 0.717) is 10.8 Å². The molecule has 2 fully saturated rings. The number of hydrogen-bond donors (Lipinski definition) is 0. The van der Waals surface area contributed by atoms with Crippen molar-refractivity contribution in [3.63, 3.8) is 0 Å². The van der Waals surface area contributed by atoms with Gasteiger partial charge in [0.2, 0.25) is 0 Å². The van der Waals surface area contributed by atoms with E-state index in [4.69, 9.17) is 9.98 Å². The quantitative estimate of drug-likeness (QED) is 0.564. The third-order valence-corrected chi connectivity index (χ3v) is 8.65. The van der Waals surface area contributed by atoms with Gasteiger partial charge in [0.15, 0.2) is 11.9 Å². The molecule has 0 aliphatic carbocycles. The van der Waals surface area contributed by atoms with Gasteiger partial charge >= 0.3 is 0 Å². The molecule has 0 spiro atoms. The Kier molecular flexibility index (Phi) is 7.56. The van der Waals surface area contributed by atoms with Crippen LogP contribution in [-0.2, 0) is 0 Å². The zero-order valence-corrected chi connectivity index (χ0v) is 21.4. The Balaban J connectivity index is 1.29. The van der Waals surface area contributed by atoms with E-state index in [9.17, 15) is 0 Å². The molecule has 4 aliphatic rings. The topological polar surface area (TPSA) is 37.7 Å². The first-order valence-corrected chi connectivity index (χ1v) is 13.5. The summed E-state index contributed by atoms with van der Waals surface area (Å²) in [6.45, 7) is 21.5. The van der Waals surface area contributed by atoms with Gasteiger partial charge in [-0.05, 0) is 62.2 Å². The minimum absolute atomic E-state index is 0.319. The maximum Gasteiger partial charge on any atom is 0.196 e. The molecule has 2 saturated heterocycles. The number of nitrogens with zero attached hydrogens (tertiary/aromatic N) is 6. The second-order valence-electron chi connectivity index (χ2n) is 11.7. The molecular weight excluding hydrogens is 396 g/mol. The van der Waals surface area contributed by atoms with Gasteiger partial charge in [-0.2, -0.15) is 0 Å². The van der Waals surface area contributed by atoms with Gasteiger partial charge < -0.3 is 19.6 Å². The lowest BCUT2D eigenvalue weighted by atomic mass is 9.63. The normalized spacial score (nSPS) is 22.4. The van der Waals surface area contributed by atoms with Crippen molar-refractivity contribution in [2.75, 3.05) is 65.4 Å². The molecule has 0 aromatic carbocycles. The van der Waals surface area contributed by atoms with Gasteiger partial charge in [-0.1, -0.05) is 27.7 Å². The zero-order valence-electron chi connectivity index (χ0n) is 21.4. The molecule has 0 bridgehead atoms. The molecule has 0 aromatic rings. The van der Waals surface area contributed by atoms with Crippen molar-refractivity contribution < 1.29 is 0 Å². The molecule has 4 heterocycles. The molecule has 32 heavy (non-hydrogen) atoms. The molecule has 0 saturated carbocycles. The van der Waals surface area contributed by atoms with E-state index in [1.54, 1.807) is 0 Å². The summed E-state index contributed by atoms with van der Waals surface area (Å²) >= 11 is 0. The molecule has 0 unspecified atom stereocenters. The number of aliphatic imine (C=N–C) groups is 2. The van der Waals surface area contributed by atoms with Crippen LogP contribution in [-0.4, -0.2) is 97.0 Å². The van der Waals surface area contributed by atoms with E-state index in [2.05, 4.69) is 47.3 Å². The van der Waals surface area contributed by atoms with Gasteiger partial charge in [0.05, 0.1) is 0 Å². The third kappa shape index (κ3) is 5.36. The Bertz CT molecular complexity index is 630. The lowest BCUT2D eigenvalue weighted by molar-refractivity contribution is 0.0730. The maximum atomic E-state index is 4.88. The second-order valence-corrected chi connectivity index (χ2v) is 11.7. The van der Waals surface area contributed by atoms with E-state index < -0.39 is 0 Å². The molecule has 0 N–H and O–H groups in total. The Morgan fingerprint density at radius 1 is 0.625 bits per heavy atom. The van der Waals surface area contributed by atoms with Crippen LogP contribution in [0.2, 0.25) is 0 Å². The van der Waals surface area contributed by atoms with E-state index in [1.807, 2.05) is 0 Å². The molecule has 4 rings (SSSR count). The molecule has 0 amide bonds. The standard InChI is InChI=1S/C26H48N6/c1-25(2,3)26(4,11-5-15-29-19-9-21-31-17-7-13-27-23(29)31)12-6-16-30-20-10-22-32-18-8-14-28-24(30)32/h5-22H2,1-4H3. The van der Waals surface area contributed by atoms with Gasteiger partial charge in [-0.15, -0.1) is 0 Å². The number of guanidine groups is 2. The van der Waals surface area contributed by atoms with Gasteiger partial charge in [-0.3, -0.25) is 9.98 Å². The zero-order chi connectivity index (χ0) is 22.6. The molecular formula is C26H48N6. The Hall–Kier alpha value is -1.46. The fourth-order valence-electron chi connectivity index (χ4n) is 6.03. The van der Waals surface area contributed by atoms with Crippen LogP contribution in [0.15, 0.2) is 9.98 Å². The Morgan fingerprint density at radius 2 is 1.06 bits per heavy atom. The van der Waals surface area contributed by atoms with Crippen LogP contribution in [0.1, 0.15) is 79.1 Å². The average molecular weight is 445 g/mol. The predicted molar refractivity (Wildman–Crippen MR) is 135 cm³/mol. The molecule has 0 radical (unpaired) electrons. The second kappa shape index (κ2) is 10.2. The monoisotopic (exact) mass is 444 g/mol. The Labute approximate surface area is 197 Å². The van der Waals surface area contributed by atoms with Crippen LogP contribution in [0.5, 0.6) is 0 Å². The summed E-state index contributed by atoms with van der Waals surface area (Å²) < 4.78 is 0. The summed E-state index contributed by atoms with van der Waals surface area (Å²) in [6.07, 6.45) is 10.1. The first kappa shape index (κ1) is 23.7. The number of rotatable bonds is 8. The summed E-state index contributed by atoms with van der Waals surface area (Å²) in [5.74, 6) is 2.59. The van der Waals surface area contributed by atoms with Crippen LogP contribution >= 0.6 is 0 Å². The van der Waals surface area contributed by atoms with Crippen molar-refractivity contribution in [3.05, 3.63) is 0 Å².